The van der Waals surface area contributed by atoms with E-state index in [1.807, 2.05) is 0 Å². The number of hydrogen-bond donors (Lipinski definition) is 0. The molecule has 0 heterocycles. The van der Waals surface area contributed by atoms with Crippen molar-refractivity contribution < 1.29 is 0 Å². The number of rotatable bonds is 13. The second-order valence-corrected chi connectivity index (χ2v) is 10.2. The molecule has 0 aliphatic rings. The normalized spacial score (nSPS) is 11.7. The van der Waals surface area contributed by atoms with Crippen LogP contribution in [-0.4, -0.2) is 24.6 Å². The maximum atomic E-state index is 3.88. The Morgan fingerprint density at radius 2 is 1.11 bits per heavy atom. The molecule has 0 aromatic rings. The molecule has 18 heavy (non-hydrogen) atoms. The zero-order chi connectivity index (χ0) is 13.7. The van der Waals surface area contributed by atoms with Gasteiger partial charge < -0.3 is 0 Å². The van der Waals surface area contributed by atoms with Crippen LogP contribution in [0.4, 0.5) is 0 Å². The van der Waals surface area contributed by atoms with Crippen LogP contribution in [0.25, 0.3) is 0 Å². The summed E-state index contributed by atoms with van der Waals surface area (Å²) in [7, 11) is -0.623. The fourth-order valence-corrected chi connectivity index (χ4v) is 7.88. The van der Waals surface area contributed by atoms with Crippen LogP contribution in [0.15, 0.2) is 12.7 Å². The van der Waals surface area contributed by atoms with Gasteiger partial charge in [-0.2, -0.15) is 0 Å². The average molecular weight is 271 g/mol. The zero-order valence-electron chi connectivity index (χ0n) is 13.2. The summed E-state index contributed by atoms with van der Waals surface area (Å²) in [4.78, 5) is 0. The topological polar surface area (TPSA) is 0 Å². The molecule has 0 N–H and O–H groups in total. The average Bonchev–Trinajstić information content (AvgIpc) is 2.40. The molecule has 0 rings (SSSR count). The summed E-state index contributed by atoms with van der Waals surface area (Å²) in [5.74, 6) is 0. The van der Waals surface area contributed by atoms with Gasteiger partial charge in [0.15, 0.2) is 0 Å². The van der Waals surface area contributed by atoms with Crippen molar-refractivity contribution >= 4 is 7.26 Å². The number of unbranched alkanes of at least 4 members (excludes halogenated alkanes) is 4. The van der Waals surface area contributed by atoms with E-state index in [0.29, 0.717) is 0 Å². The fraction of sp³-hybridized carbons (Fsp3) is 0.882. The molecule has 0 aliphatic heterocycles. The van der Waals surface area contributed by atoms with Gasteiger partial charge in [-0.15, -0.1) is 6.58 Å². The van der Waals surface area contributed by atoms with Crippen molar-refractivity contribution in [3.05, 3.63) is 12.7 Å². The van der Waals surface area contributed by atoms with Gasteiger partial charge in [-0.05, 0) is 32.1 Å². The first-order valence-corrected chi connectivity index (χ1v) is 10.7. The van der Waals surface area contributed by atoms with Gasteiger partial charge in [0, 0.05) is 7.26 Å². The standard InChI is InChI=1S/C17H36P/c1-5-9-13-17-18(14-10-6-2,15-11-7-3)16-12-8-4/h5H,1,6-17H2,2-4H3/q+1. The molecule has 0 saturated carbocycles. The fourth-order valence-electron chi connectivity index (χ4n) is 2.72. The molecule has 0 amide bonds. The SMILES string of the molecule is C=CCCC[P+](CCCC)(CCCC)CCCC. The van der Waals surface area contributed by atoms with Gasteiger partial charge in [0.25, 0.3) is 0 Å². The Balaban J connectivity index is 4.45. The molecule has 0 atom stereocenters. The van der Waals surface area contributed by atoms with Crippen LogP contribution in [0.5, 0.6) is 0 Å². The molecule has 0 aromatic heterocycles. The van der Waals surface area contributed by atoms with Gasteiger partial charge in [-0.1, -0.05) is 46.1 Å². The van der Waals surface area contributed by atoms with Gasteiger partial charge in [0.05, 0.1) is 24.6 Å². The van der Waals surface area contributed by atoms with E-state index < -0.39 is 7.26 Å². The molecular weight excluding hydrogens is 235 g/mol. The molecule has 0 radical (unpaired) electrons. The first kappa shape index (κ1) is 18.2. The lowest BCUT2D eigenvalue weighted by Crippen LogP contribution is -2.12. The van der Waals surface area contributed by atoms with Crippen LogP contribution >= 0.6 is 7.26 Å². The van der Waals surface area contributed by atoms with E-state index in [0.717, 1.165) is 0 Å². The quantitative estimate of drug-likeness (QED) is 0.207. The van der Waals surface area contributed by atoms with Gasteiger partial charge in [0.2, 0.25) is 0 Å². The van der Waals surface area contributed by atoms with Crippen LogP contribution in [0.3, 0.4) is 0 Å². The second kappa shape index (κ2) is 12.2. The molecule has 0 saturated heterocycles. The Hall–Kier alpha value is 0.170. The monoisotopic (exact) mass is 271 g/mol. The van der Waals surface area contributed by atoms with Crippen molar-refractivity contribution in [2.24, 2.45) is 0 Å². The van der Waals surface area contributed by atoms with E-state index in [1.165, 1.54) is 51.4 Å². The van der Waals surface area contributed by atoms with Crippen molar-refractivity contribution in [1.29, 1.82) is 0 Å². The summed E-state index contributed by atoms with van der Waals surface area (Å²) in [6, 6.07) is 0. The summed E-state index contributed by atoms with van der Waals surface area (Å²) in [5, 5.41) is 0. The molecule has 0 bridgehead atoms. The predicted molar refractivity (Wildman–Crippen MR) is 90.5 cm³/mol. The first-order chi connectivity index (χ1) is 8.74. The molecule has 0 aliphatic carbocycles. The molecule has 0 spiro atoms. The largest absolute Gasteiger partial charge is 0.103 e. The third kappa shape index (κ3) is 8.30. The molecule has 0 aromatic carbocycles. The van der Waals surface area contributed by atoms with Crippen molar-refractivity contribution in [3.8, 4) is 0 Å². The highest BCUT2D eigenvalue weighted by Gasteiger charge is 2.34. The summed E-state index contributed by atoms with van der Waals surface area (Å²) in [6.07, 6.45) is 19.5. The van der Waals surface area contributed by atoms with Crippen LogP contribution in [0.2, 0.25) is 0 Å². The highest BCUT2D eigenvalue weighted by molar-refractivity contribution is 7.75. The lowest BCUT2D eigenvalue weighted by atomic mass is 10.3. The second-order valence-electron chi connectivity index (χ2n) is 5.73. The maximum absolute atomic E-state index is 3.88. The Labute approximate surface area is 117 Å². The first-order valence-electron chi connectivity index (χ1n) is 8.20. The van der Waals surface area contributed by atoms with Crippen LogP contribution in [-0.2, 0) is 0 Å². The molecular formula is C17H36P+. The van der Waals surface area contributed by atoms with E-state index in [2.05, 4.69) is 33.4 Å². The predicted octanol–water partition coefficient (Wildman–Crippen LogP) is 6.37. The Bertz CT molecular complexity index is 164. The van der Waals surface area contributed by atoms with Gasteiger partial charge >= 0.3 is 0 Å². The summed E-state index contributed by atoms with van der Waals surface area (Å²) >= 11 is 0. The van der Waals surface area contributed by atoms with Crippen LogP contribution < -0.4 is 0 Å². The minimum atomic E-state index is -0.623. The smallest absolute Gasteiger partial charge is 0.0597 e. The summed E-state index contributed by atoms with van der Waals surface area (Å²) in [6.45, 7) is 10.9. The third-order valence-corrected chi connectivity index (χ3v) is 9.06. The summed E-state index contributed by atoms with van der Waals surface area (Å²) in [5.41, 5.74) is 0. The number of hydrogen-bond acceptors (Lipinski definition) is 0. The molecule has 0 unspecified atom stereocenters. The lowest BCUT2D eigenvalue weighted by Gasteiger charge is -2.28. The third-order valence-electron chi connectivity index (χ3n) is 4.00. The Kier molecular flexibility index (Phi) is 12.3. The lowest BCUT2D eigenvalue weighted by molar-refractivity contribution is 0.823. The van der Waals surface area contributed by atoms with Crippen molar-refractivity contribution in [1.82, 2.24) is 0 Å². The minimum absolute atomic E-state index is 0.623. The Morgan fingerprint density at radius 1 is 0.722 bits per heavy atom. The van der Waals surface area contributed by atoms with Crippen molar-refractivity contribution in [2.75, 3.05) is 24.6 Å². The van der Waals surface area contributed by atoms with E-state index in [-0.39, 0.29) is 0 Å². The zero-order valence-corrected chi connectivity index (χ0v) is 14.1. The number of allylic oxidation sites excluding steroid dienone is 1. The highest BCUT2D eigenvalue weighted by Crippen LogP contribution is 2.61. The highest BCUT2D eigenvalue weighted by atomic mass is 31.2. The van der Waals surface area contributed by atoms with E-state index >= 15 is 0 Å². The van der Waals surface area contributed by atoms with Gasteiger partial charge in [-0.3, -0.25) is 0 Å². The van der Waals surface area contributed by atoms with Gasteiger partial charge in [-0.25, -0.2) is 0 Å². The maximum Gasteiger partial charge on any atom is 0.0597 e. The molecule has 1 heteroatoms. The van der Waals surface area contributed by atoms with Gasteiger partial charge in [0.1, 0.15) is 0 Å². The van der Waals surface area contributed by atoms with E-state index in [1.54, 1.807) is 24.6 Å². The van der Waals surface area contributed by atoms with Crippen molar-refractivity contribution in [3.63, 3.8) is 0 Å². The van der Waals surface area contributed by atoms with Crippen LogP contribution in [0, 0.1) is 0 Å². The summed E-state index contributed by atoms with van der Waals surface area (Å²) < 4.78 is 0. The minimum Gasteiger partial charge on any atom is -0.103 e. The molecule has 0 fully saturated rings. The Morgan fingerprint density at radius 3 is 1.44 bits per heavy atom. The van der Waals surface area contributed by atoms with Crippen LogP contribution in [0.1, 0.15) is 72.1 Å². The van der Waals surface area contributed by atoms with E-state index in [4.69, 9.17) is 0 Å². The van der Waals surface area contributed by atoms with Crippen molar-refractivity contribution in [2.45, 2.75) is 72.1 Å². The molecule has 108 valence electrons. The molecule has 0 nitrogen and oxygen atoms in total. The van der Waals surface area contributed by atoms with E-state index in [9.17, 15) is 0 Å².